The molecule has 3 aromatic rings. The molecular formula is C25H29FN4O2. The highest BCUT2D eigenvalue weighted by atomic mass is 19.1. The van der Waals surface area contributed by atoms with Crippen LogP contribution in [0.1, 0.15) is 39.2 Å². The number of amides is 2. The van der Waals surface area contributed by atoms with Gasteiger partial charge in [-0.15, -0.1) is 0 Å². The van der Waals surface area contributed by atoms with Gasteiger partial charge in [0.2, 0.25) is 5.88 Å². The van der Waals surface area contributed by atoms with Crippen molar-refractivity contribution < 1.29 is 13.9 Å². The van der Waals surface area contributed by atoms with Gasteiger partial charge in [0.25, 0.3) is 0 Å². The van der Waals surface area contributed by atoms with Crippen molar-refractivity contribution in [2.45, 2.75) is 51.7 Å². The van der Waals surface area contributed by atoms with Crippen LogP contribution in [-0.4, -0.2) is 32.3 Å². The predicted octanol–water partition coefficient (Wildman–Crippen LogP) is 5.49. The number of carbonyl (C=O) groups excluding carboxylic acids is 1. The molecule has 1 N–H and O–H groups in total. The molecular weight excluding hydrogens is 407 g/mol. The van der Waals surface area contributed by atoms with Crippen molar-refractivity contribution in [3.05, 3.63) is 66.0 Å². The van der Waals surface area contributed by atoms with E-state index in [9.17, 15) is 9.18 Å². The molecule has 168 valence electrons. The molecule has 1 fully saturated rings. The smallest absolute Gasteiger partial charge is 0.318 e. The van der Waals surface area contributed by atoms with Crippen molar-refractivity contribution in [2.75, 3.05) is 0 Å². The Morgan fingerprint density at radius 2 is 1.81 bits per heavy atom. The average molecular weight is 437 g/mol. The zero-order valence-electron chi connectivity index (χ0n) is 18.9. The average Bonchev–Trinajstić information content (AvgIpc) is 3.53. The minimum atomic E-state index is -0.338. The number of aryl methyl sites for hydroxylation is 1. The Morgan fingerprint density at radius 3 is 2.41 bits per heavy atom. The van der Waals surface area contributed by atoms with Gasteiger partial charge in [-0.05, 0) is 57.9 Å². The standard InChI is InChI=1S/C25H29FN4O2/c1-25(2,3)27-24(31)30(19-12-13-19)16-21-22(17-8-6-5-7-9-17)28-29(4)23(21)32-20-14-10-18(26)11-15-20/h5-11,14-15,19H,12-13,16H2,1-4H3,(H,27,31). The first-order chi connectivity index (χ1) is 15.2. The number of aromatic nitrogens is 2. The minimum absolute atomic E-state index is 0.101. The van der Waals surface area contributed by atoms with Crippen LogP contribution in [0.25, 0.3) is 11.3 Å². The van der Waals surface area contributed by atoms with E-state index in [1.54, 1.807) is 16.8 Å². The summed E-state index contributed by atoms with van der Waals surface area (Å²) in [5.41, 5.74) is 2.19. The highest BCUT2D eigenvalue weighted by Gasteiger charge is 2.36. The zero-order valence-corrected chi connectivity index (χ0v) is 18.9. The van der Waals surface area contributed by atoms with E-state index in [0.717, 1.165) is 29.7 Å². The van der Waals surface area contributed by atoms with Gasteiger partial charge in [0, 0.05) is 24.2 Å². The van der Waals surface area contributed by atoms with Crippen LogP contribution in [0.4, 0.5) is 9.18 Å². The molecule has 32 heavy (non-hydrogen) atoms. The number of hydrogen-bond acceptors (Lipinski definition) is 3. The van der Waals surface area contributed by atoms with E-state index in [-0.39, 0.29) is 23.4 Å². The first-order valence-corrected chi connectivity index (χ1v) is 10.8. The summed E-state index contributed by atoms with van der Waals surface area (Å²) in [4.78, 5) is 15.0. The van der Waals surface area contributed by atoms with E-state index in [1.807, 2.05) is 63.1 Å². The Kier molecular flexibility index (Phi) is 5.91. The fourth-order valence-electron chi connectivity index (χ4n) is 3.58. The lowest BCUT2D eigenvalue weighted by Gasteiger charge is -2.28. The second-order valence-corrected chi connectivity index (χ2v) is 9.22. The highest BCUT2D eigenvalue weighted by Crippen LogP contribution is 2.37. The van der Waals surface area contributed by atoms with Gasteiger partial charge in [0.15, 0.2) is 0 Å². The maximum absolute atomic E-state index is 13.4. The Labute approximate surface area is 188 Å². The molecule has 1 aromatic heterocycles. The Morgan fingerprint density at radius 1 is 1.16 bits per heavy atom. The van der Waals surface area contributed by atoms with Crippen LogP contribution in [0, 0.1) is 5.82 Å². The van der Waals surface area contributed by atoms with Crippen LogP contribution in [0.2, 0.25) is 0 Å². The normalized spacial score (nSPS) is 13.7. The van der Waals surface area contributed by atoms with Crippen LogP contribution in [0.5, 0.6) is 11.6 Å². The van der Waals surface area contributed by atoms with Gasteiger partial charge in [0.1, 0.15) is 17.3 Å². The number of carbonyl (C=O) groups is 1. The maximum Gasteiger partial charge on any atom is 0.318 e. The van der Waals surface area contributed by atoms with Crippen LogP contribution in [0.3, 0.4) is 0 Å². The van der Waals surface area contributed by atoms with Gasteiger partial charge in [-0.2, -0.15) is 5.10 Å². The lowest BCUT2D eigenvalue weighted by molar-refractivity contribution is 0.182. The Balaban J connectivity index is 1.73. The monoisotopic (exact) mass is 436 g/mol. The number of urea groups is 1. The quantitative estimate of drug-likeness (QED) is 0.556. The fourth-order valence-corrected chi connectivity index (χ4v) is 3.58. The Bertz CT molecular complexity index is 1080. The number of nitrogens with one attached hydrogen (secondary N) is 1. The van der Waals surface area contributed by atoms with Crippen molar-refractivity contribution in [1.82, 2.24) is 20.0 Å². The van der Waals surface area contributed by atoms with Crippen molar-refractivity contribution in [3.63, 3.8) is 0 Å². The largest absolute Gasteiger partial charge is 0.439 e. The van der Waals surface area contributed by atoms with Gasteiger partial charge in [-0.1, -0.05) is 30.3 Å². The van der Waals surface area contributed by atoms with Gasteiger partial charge in [-0.25, -0.2) is 13.9 Å². The van der Waals surface area contributed by atoms with Gasteiger partial charge >= 0.3 is 6.03 Å². The number of benzene rings is 2. The van der Waals surface area contributed by atoms with E-state index >= 15 is 0 Å². The lowest BCUT2D eigenvalue weighted by atomic mass is 10.1. The molecule has 4 rings (SSSR count). The molecule has 1 aliphatic carbocycles. The van der Waals surface area contributed by atoms with Gasteiger partial charge in [-0.3, -0.25) is 0 Å². The molecule has 0 spiro atoms. The number of rotatable bonds is 6. The van der Waals surface area contributed by atoms with E-state index in [1.165, 1.54) is 12.1 Å². The third kappa shape index (κ3) is 5.10. The third-order valence-electron chi connectivity index (χ3n) is 5.22. The van der Waals surface area contributed by atoms with E-state index in [4.69, 9.17) is 9.84 Å². The number of nitrogens with zero attached hydrogens (tertiary/aromatic N) is 3. The summed E-state index contributed by atoms with van der Waals surface area (Å²) in [6, 6.07) is 15.8. The second kappa shape index (κ2) is 8.65. The van der Waals surface area contributed by atoms with Gasteiger partial charge < -0.3 is 15.0 Å². The van der Waals surface area contributed by atoms with E-state index in [0.29, 0.717) is 18.2 Å². The fraction of sp³-hybridized carbons (Fsp3) is 0.360. The second-order valence-electron chi connectivity index (χ2n) is 9.22. The summed E-state index contributed by atoms with van der Waals surface area (Å²) in [6.45, 7) is 6.27. The molecule has 6 nitrogen and oxygen atoms in total. The highest BCUT2D eigenvalue weighted by molar-refractivity contribution is 5.76. The first-order valence-electron chi connectivity index (χ1n) is 10.8. The van der Waals surface area contributed by atoms with Crippen LogP contribution in [0.15, 0.2) is 54.6 Å². The molecule has 0 atom stereocenters. The molecule has 0 radical (unpaired) electrons. The summed E-state index contributed by atoms with van der Waals surface area (Å²) in [7, 11) is 1.81. The molecule has 1 saturated carbocycles. The molecule has 0 aliphatic heterocycles. The summed E-state index contributed by atoms with van der Waals surface area (Å²) < 4.78 is 21.2. The topological polar surface area (TPSA) is 59.4 Å². The van der Waals surface area contributed by atoms with Crippen LogP contribution < -0.4 is 10.1 Å². The molecule has 7 heteroatoms. The van der Waals surface area contributed by atoms with Gasteiger partial charge in [0.05, 0.1) is 12.1 Å². The molecule has 0 saturated heterocycles. The number of halogens is 1. The maximum atomic E-state index is 13.4. The van der Waals surface area contributed by atoms with Crippen molar-refractivity contribution >= 4 is 6.03 Å². The molecule has 2 aromatic carbocycles. The van der Waals surface area contributed by atoms with E-state index in [2.05, 4.69) is 5.32 Å². The molecule has 1 heterocycles. The van der Waals surface area contributed by atoms with Crippen molar-refractivity contribution in [2.24, 2.45) is 7.05 Å². The number of ether oxygens (including phenoxy) is 1. The Hall–Kier alpha value is -3.35. The summed E-state index contributed by atoms with van der Waals surface area (Å²) >= 11 is 0. The zero-order chi connectivity index (χ0) is 22.9. The van der Waals surface area contributed by atoms with Crippen LogP contribution in [-0.2, 0) is 13.6 Å². The molecule has 2 amide bonds. The van der Waals surface area contributed by atoms with Crippen molar-refractivity contribution in [3.8, 4) is 22.9 Å². The number of hydrogen-bond donors (Lipinski definition) is 1. The molecule has 0 unspecified atom stereocenters. The summed E-state index contributed by atoms with van der Waals surface area (Å²) in [6.07, 6.45) is 1.96. The molecule has 1 aliphatic rings. The van der Waals surface area contributed by atoms with Crippen molar-refractivity contribution in [1.29, 1.82) is 0 Å². The van der Waals surface area contributed by atoms with E-state index < -0.39 is 0 Å². The summed E-state index contributed by atoms with van der Waals surface area (Å²) in [5, 5.41) is 7.80. The van der Waals surface area contributed by atoms with Crippen LogP contribution >= 0.6 is 0 Å². The predicted molar refractivity (Wildman–Crippen MR) is 122 cm³/mol. The lowest BCUT2D eigenvalue weighted by Crippen LogP contribution is -2.49. The first kappa shape index (κ1) is 21.9. The SMILES string of the molecule is Cn1nc(-c2ccccc2)c(CN(C(=O)NC(C)(C)C)C2CC2)c1Oc1ccc(F)cc1. The summed E-state index contributed by atoms with van der Waals surface area (Å²) in [5.74, 6) is 0.711. The molecule has 0 bridgehead atoms. The minimum Gasteiger partial charge on any atom is -0.439 e. The third-order valence-corrected chi connectivity index (χ3v) is 5.22.